The number of hydrogen-bond acceptors (Lipinski definition) is 3. The Morgan fingerprint density at radius 3 is 2.62 bits per heavy atom. The van der Waals surface area contributed by atoms with Gasteiger partial charge in [-0.15, -0.1) is 0 Å². The number of rotatable bonds is 4. The molecule has 5 nitrogen and oxygen atoms in total. The van der Waals surface area contributed by atoms with Crippen LogP contribution in [0.2, 0.25) is 0 Å². The number of halogens is 2. The number of ether oxygens (including phenoxy) is 1. The molecule has 1 aromatic heterocycles. The topological polar surface area (TPSA) is 67.0 Å². The van der Waals surface area contributed by atoms with Crippen LogP contribution < -0.4 is 10.1 Å². The van der Waals surface area contributed by atoms with Crippen molar-refractivity contribution in [1.82, 2.24) is 10.2 Å². The van der Waals surface area contributed by atoms with Gasteiger partial charge in [-0.3, -0.25) is 9.89 Å². The summed E-state index contributed by atoms with van der Waals surface area (Å²) in [6, 6.07) is 13.3. The van der Waals surface area contributed by atoms with Crippen molar-refractivity contribution in [3.8, 4) is 17.0 Å². The Morgan fingerprint density at radius 2 is 1.96 bits per heavy atom. The average Bonchev–Trinajstić information content (AvgIpc) is 3.07. The van der Waals surface area contributed by atoms with Crippen molar-refractivity contribution in [1.29, 1.82) is 0 Å². The SMILES string of the molecule is COc1ccc(-c2cc(C(=O)Nc3ccc(Br)cc3F)[nH]n2)cc1. The molecule has 0 saturated heterocycles. The van der Waals surface area contributed by atoms with Crippen molar-refractivity contribution >= 4 is 27.5 Å². The van der Waals surface area contributed by atoms with Crippen LogP contribution in [0.1, 0.15) is 10.5 Å². The molecular weight excluding hydrogens is 377 g/mol. The molecule has 2 aromatic carbocycles. The summed E-state index contributed by atoms with van der Waals surface area (Å²) in [5, 5.41) is 9.28. The molecule has 0 atom stereocenters. The highest BCUT2D eigenvalue weighted by Crippen LogP contribution is 2.23. The Bertz CT molecular complexity index is 878. The first kappa shape index (κ1) is 16.2. The Hall–Kier alpha value is -2.67. The summed E-state index contributed by atoms with van der Waals surface area (Å²) in [4.78, 5) is 12.2. The maximum absolute atomic E-state index is 13.8. The summed E-state index contributed by atoms with van der Waals surface area (Å²) in [6.45, 7) is 0. The van der Waals surface area contributed by atoms with Crippen molar-refractivity contribution in [2.75, 3.05) is 12.4 Å². The van der Waals surface area contributed by atoms with Crippen molar-refractivity contribution in [2.45, 2.75) is 0 Å². The molecule has 7 heteroatoms. The molecule has 3 rings (SSSR count). The van der Waals surface area contributed by atoms with Gasteiger partial charge >= 0.3 is 0 Å². The van der Waals surface area contributed by atoms with Gasteiger partial charge in [0.25, 0.3) is 5.91 Å². The molecule has 1 heterocycles. The van der Waals surface area contributed by atoms with E-state index in [4.69, 9.17) is 4.74 Å². The van der Waals surface area contributed by atoms with Gasteiger partial charge in [0.2, 0.25) is 0 Å². The second-order valence-corrected chi connectivity index (χ2v) is 5.89. The number of methoxy groups -OCH3 is 1. The molecule has 0 spiro atoms. The van der Waals surface area contributed by atoms with E-state index >= 15 is 0 Å². The van der Waals surface area contributed by atoms with Gasteiger partial charge in [-0.25, -0.2) is 4.39 Å². The maximum Gasteiger partial charge on any atom is 0.273 e. The molecule has 0 aliphatic rings. The second-order valence-electron chi connectivity index (χ2n) is 4.97. The lowest BCUT2D eigenvalue weighted by atomic mass is 10.1. The van der Waals surface area contributed by atoms with E-state index < -0.39 is 11.7 Å². The van der Waals surface area contributed by atoms with Gasteiger partial charge in [0, 0.05) is 10.0 Å². The zero-order valence-corrected chi connectivity index (χ0v) is 14.2. The van der Waals surface area contributed by atoms with Crippen LogP contribution in [0.15, 0.2) is 53.0 Å². The smallest absolute Gasteiger partial charge is 0.273 e. The van der Waals surface area contributed by atoms with Gasteiger partial charge in [-0.1, -0.05) is 15.9 Å². The number of aromatic amines is 1. The molecule has 122 valence electrons. The quantitative estimate of drug-likeness (QED) is 0.701. The fraction of sp³-hybridized carbons (Fsp3) is 0.0588. The Balaban J connectivity index is 1.77. The Labute approximate surface area is 146 Å². The predicted molar refractivity (Wildman–Crippen MR) is 92.6 cm³/mol. The molecular formula is C17H13BrFN3O2. The fourth-order valence-corrected chi connectivity index (χ4v) is 2.46. The minimum atomic E-state index is -0.521. The summed E-state index contributed by atoms with van der Waals surface area (Å²) >= 11 is 3.17. The van der Waals surface area contributed by atoms with Crippen LogP contribution in [0.4, 0.5) is 10.1 Å². The van der Waals surface area contributed by atoms with Gasteiger partial charge in [0.05, 0.1) is 18.5 Å². The van der Waals surface area contributed by atoms with E-state index in [1.165, 1.54) is 12.1 Å². The Kier molecular flexibility index (Phi) is 4.61. The van der Waals surface area contributed by atoms with E-state index in [-0.39, 0.29) is 11.4 Å². The monoisotopic (exact) mass is 389 g/mol. The molecule has 0 unspecified atom stereocenters. The molecule has 0 aliphatic carbocycles. The zero-order valence-electron chi connectivity index (χ0n) is 12.6. The summed E-state index contributed by atoms with van der Waals surface area (Å²) in [5.74, 6) is -0.255. The first-order valence-corrected chi connectivity index (χ1v) is 7.82. The standard InChI is InChI=1S/C17H13BrFN3O2/c1-24-12-5-2-10(3-6-12)15-9-16(22-21-15)17(23)20-14-7-4-11(18)8-13(14)19/h2-9H,1H3,(H,20,23)(H,21,22). The highest BCUT2D eigenvalue weighted by molar-refractivity contribution is 9.10. The Morgan fingerprint density at radius 1 is 1.21 bits per heavy atom. The number of anilines is 1. The minimum Gasteiger partial charge on any atom is -0.497 e. The van der Waals surface area contributed by atoms with Crippen LogP contribution in [-0.4, -0.2) is 23.2 Å². The normalized spacial score (nSPS) is 10.5. The van der Waals surface area contributed by atoms with Crippen LogP contribution in [0.25, 0.3) is 11.3 Å². The predicted octanol–water partition coefficient (Wildman–Crippen LogP) is 4.24. The van der Waals surface area contributed by atoms with Crippen LogP contribution in [0.3, 0.4) is 0 Å². The number of aromatic nitrogens is 2. The molecule has 0 aliphatic heterocycles. The first-order chi connectivity index (χ1) is 11.6. The molecule has 0 radical (unpaired) electrons. The van der Waals surface area contributed by atoms with Crippen molar-refractivity contribution in [2.24, 2.45) is 0 Å². The molecule has 0 saturated carbocycles. The van der Waals surface area contributed by atoms with E-state index in [0.717, 1.165) is 11.3 Å². The van der Waals surface area contributed by atoms with Crippen molar-refractivity contribution < 1.29 is 13.9 Å². The van der Waals surface area contributed by atoms with Gasteiger partial charge in [-0.05, 0) is 48.5 Å². The third kappa shape index (κ3) is 3.46. The number of H-pyrrole nitrogens is 1. The number of carbonyl (C=O) groups is 1. The van der Waals surface area contributed by atoms with Crippen molar-refractivity contribution in [3.63, 3.8) is 0 Å². The summed E-state index contributed by atoms with van der Waals surface area (Å²) in [6.07, 6.45) is 0. The average molecular weight is 390 g/mol. The first-order valence-electron chi connectivity index (χ1n) is 7.03. The molecule has 2 N–H and O–H groups in total. The van der Waals surface area contributed by atoms with Crippen LogP contribution in [-0.2, 0) is 0 Å². The number of nitrogens with one attached hydrogen (secondary N) is 2. The van der Waals surface area contributed by atoms with Gasteiger partial charge in [-0.2, -0.15) is 5.10 Å². The van der Waals surface area contributed by atoms with Crippen LogP contribution in [0, 0.1) is 5.82 Å². The lowest BCUT2D eigenvalue weighted by Gasteiger charge is -2.05. The number of amides is 1. The highest BCUT2D eigenvalue weighted by atomic mass is 79.9. The van der Waals surface area contributed by atoms with Crippen molar-refractivity contribution in [3.05, 3.63) is 64.5 Å². The fourth-order valence-electron chi connectivity index (χ4n) is 2.13. The molecule has 1 amide bonds. The number of hydrogen-bond donors (Lipinski definition) is 2. The van der Waals surface area contributed by atoms with Gasteiger partial charge < -0.3 is 10.1 Å². The van der Waals surface area contributed by atoms with Crippen LogP contribution >= 0.6 is 15.9 Å². The number of nitrogens with zero attached hydrogens (tertiary/aromatic N) is 1. The lowest BCUT2D eigenvalue weighted by Crippen LogP contribution is -2.13. The van der Waals surface area contributed by atoms with E-state index in [1.807, 2.05) is 12.1 Å². The molecule has 24 heavy (non-hydrogen) atoms. The minimum absolute atomic E-state index is 0.101. The lowest BCUT2D eigenvalue weighted by molar-refractivity contribution is 0.102. The van der Waals surface area contributed by atoms with E-state index in [9.17, 15) is 9.18 Å². The number of benzene rings is 2. The van der Waals surface area contributed by atoms with Gasteiger partial charge in [0.1, 0.15) is 17.3 Å². The second kappa shape index (κ2) is 6.84. The third-order valence-corrected chi connectivity index (χ3v) is 3.88. The summed E-state index contributed by atoms with van der Waals surface area (Å²) in [7, 11) is 1.59. The largest absolute Gasteiger partial charge is 0.497 e. The maximum atomic E-state index is 13.8. The summed E-state index contributed by atoms with van der Waals surface area (Å²) in [5.41, 5.74) is 1.78. The molecule has 0 fully saturated rings. The van der Waals surface area contributed by atoms with Crippen LogP contribution in [0.5, 0.6) is 5.75 Å². The van der Waals surface area contributed by atoms with Gasteiger partial charge in [0.15, 0.2) is 0 Å². The highest BCUT2D eigenvalue weighted by Gasteiger charge is 2.13. The van der Waals surface area contributed by atoms with E-state index in [1.54, 1.807) is 31.4 Å². The number of carbonyl (C=O) groups excluding carboxylic acids is 1. The molecule has 3 aromatic rings. The zero-order chi connectivity index (χ0) is 17.1. The van der Waals surface area contributed by atoms with E-state index in [2.05, 4.69) is 31.4 Å². The summed E-state index contributed by atoms with van der Waals surface area (Å²) < 4.78 is 19.5. The van der Waals surface area contributed by atoms with E-state index in [0.29, 0.717) is 10.2 Å². The molecule has 0 bridgehead atoms. The third-order valence-electron chi connectivity index (χ3n) is 3.39.